The van der Waals surface area contributed by atoms with Crippen molar-refractivity contribution in [3.05, 3.63) is 29.8 Å². The van der Waals surface area contributed by atoms with E-state index in [1.807, 2.05) is 6.07 Å². The second kappa shape index (κ2) is 7.09. The third-order valence-corrected chi connectivity index (χ3v) is 2.86. The molecule has 0 atom stereocenters. The van der Waals surface area contributed by atoms with E-state index >= 15 is 0 Å². The number of carbonyl (C=O) groups is 1. The third-order valence-electron chi connectivity index (χ3n) is 2.86. The molecule has 0 saturated heterocycles. The summed E-state index contributed by atoms with van der Waals surface area (Å²) in [5.74, 6) is -0.217. The summed E-state index contributed by atoms with van der Waals surface area (Å²) in [4.78, 5) is 19.3. The Hall–Kier alpha value is -3.34. The lowest BCUT2D eigenvalue weighted by Crippen LogP contribution is -2.15. The Morgan fingerprint density at radius 3 is 2.74 bits per heavy atom. The molecule has 2 aromatic rings. The van der Waals surface area contributed by atoms with Crippen LogP contribution in [0.25, 0.3) is 11.3 Å². The summed E-state index contributed by atoms with van der Waals surface area (Å²) in [6, 6.07) is 8.74. The van der Waals surface area contributed by atoms with E-state index in [0.717, 1.165) is 0 Å². The maximum absolute atomic E-state index is 11.4. The van der Waals surface area contributed by atoms with Crippen molar-refractivity contribution >= 4 is 17.7 Å². The van der Waals surface area contributed by atoms with E-state index in [-0.39, 0.29) is 36.2 Å². The van der Waals surface area contributed by atoms with Crippen LogP contribution in [0.2, 0.25) is 0 Å². The van der Waals surface area contributed by atoms with E-state index in [1.165, 1.54) is 0 Å². The molecule has 2 rings (SSSR count). The summed E-state index contributed by atoms with van der Waals surface area (Å²) in [5, 5.41) is 9.26. The van der Waals surface area contributed by atoms with Gasteiger partial charge in [0.2, 0.25) is 5.95 Å². The zero-order valence-electron chi connectivity index (χ0n) is 12.4. The first-order valence-electron chi connectivity index (χ1n) is 6.77. The number of carbonyl (C=O) groups excluding carboxylic acids is 1. The summed E-state index contributed by atoms with van der Waals surface area (Å²) < 4.78 is 10.3. The van der Waals surface area contributed by atoms with Gasteiger partial charge in [0.25, 0.3) is 0 Å². The topological polar surface area (TPSA) is 137 Å². The summed E-state index contributed by atoms with van der Waals surface area (Å²) in [6.45, 7) is 1.71. The number of esters is 1. The van der Waals surface area contributed by atoms with Crippen LogP contribution in [0.4, 0.5) is 11.8 Å². The van der Waals surface area contributed by atoms with Crippen LogP contribution >= 0.6 is 0 Å². The van der Waals surface area contributed by atoms with E-state index in [1.54, 1.807) is 31.2 Å². The number of rotatable bonds is 5. The van der Waals surface area contributed by atoms with Gasteiger partial charge < -0.3 is 20.9 Å². The number of anilines is 2. The molecule has 0 unspecified atom stereocenters. The van der Waals surface area contributed by atoms with Crippen LogP contribution in [0.1, 0.15) is 12.5 Å². The van der Waals surface area contributed by atoms with Crippen molar-refractivity contribution in [2.75, 3.05) is 24.7 Å². The molecule has 1 aromatic heterocycles. The molecule has 118 valence electrons. The Bertz CT molecular complexity index is 770. The normalized spacial score (nSPS) is 9.91. The Balaban J connectivity index is 2.42. The Kier molecular flexibility index (Phi) is 4.94. The van der Waals surface area contributed by atoms with Gasteiger partial charge in [0.1, 0.15) is 23.2 Å². The second-order valence-electron chi connectivity index (χ2n) is 4.39. The van der Waals surface area contributed by atoms with Gasteiger partial charge in [-0.3, -0.25) is 0 Å². The molecule has 0 fully saturated rings. The number of hydrogen-bond acceptors (Lipinski definition) is 8. The third kappa shape index (κ3) is 3.65. The smallest absolute Gasteiger partial charge is 0.344 e. The van der Waals surface area contributed by atoms with Crippen molar-refractivity contribution in [2.45, 2.75) is 6.92 Å². The maximum atomic E-state index is 11.4. The first-order valence-corrected chi connectivity index (χ1v) is 6.77. The first-order chi connectivity index (χ1) is 11.1. The van der Waals surface area contributed by atoms with Gasteiger partial charge in [-0.1, -0.05) is 12.1 Å². The summed E-state index contributed by atoms with van der Waals surface area (Å²) in [7, 11) is 0. The van der Waals surface area contributed by atoms with Crippen molar-refractivity contribution < 1.29 is 14.3 Å². The Labute approximate surface area is 132 Å². The zero-order valence-corrected chi connectivity index (χ0v) is 12.4. The molecule has 0 aliphatic heterocycles. The van der Waals surface area contributed by atoms with Crippen LogP contribution in [-0.4, -0.2) is 29.2 Å². The molecule has 1 heterocycles. The summed E-state index contributed by atoms with van der Waals surface area (Å²) in [6.07, 6.45) is 0. The second-order valence-corrected chi connectivity index (χ2v) is 4.39. The quantitative estimate of drug-likeness (QED) is 0.783. The summed E-state index contributed by atoms with van der Waals surface area (Å²) >= 11 is 0. The highest BCUT2D eigenvalue weighted by molar-refractivity contribution is 5.78. The van der Waals surface area contributed by atoms with E-state index in [9.17, 15) is 10.1 Å². The predicted molar refractivity (Wildman–Crippen MR) is 83.1 cm³/mol. The van der Waals surface area contributed by atoms with Crippen LogP contribution in [0.15, 0.2) is 24.3 Å². The fourth-order valence-electron chi connectivity index (χ4n) is 1.93. The van der Waals surface area contributed by atoms with Gasteiger partial charge in [0, 0.05) is 5.56 Å². The molecular weight excluding hydrogens is 298 g/mol. The van der Waals surface area contributed by atoms with Crippen LogP contribution < -0.4 is 16.2 Å². The average molecular weight is 313 g/mol. The van der Waals surface area contributed by atoms with Gasteiger partial charge in [-0.05, 0) is 19.1 Å². The molecule has 8 nitrogen and oxygen atoms in total. The number of para-hydroxylation sites is 1. The number of hydrogen-bond donors (Lipinski definition) is 2. The highest BCUT2D eigenvalue weighted by atomic mass is 16.6. The van der Waals surface area contributed by atoms with Crippen molar-refractivity contribution in [1.82, 2.24) is 9.97 Å². The first kappa shape index (κ1) is 16.0. The fourth-order valence-corrected chi connectivity index (χ4v) is 1.93. The number of benzene rings is 1. The van der Waals surface area contributed by atoms with Crippen LogP contribution in [0.5, 0.6) is 5.75 Å². The number of aromatic nitrogens is 2. The van der Waals surface area contributed by atoms with Gasteiger partial charge in [0.15, 0.2) is 6.61 Å². The fraction of sp³-hybridized carbons (Fsp3) is 0.200. The minimum absolute atomic E-state index is 0.0183. The number of nitrogens with two attached hydrogens (primary N) is 2. The lowest BCUT2D eigenvalue weighted by atomic mass is 10.1. The van der Waals surface area contributed by atoms with Gasteiger partial charge in [-0.15, -0.1) is 0 Å². The zero-order chi connectivity index (χ0) is 16.8. The average Bonchev–Trinajstić information content (AvgIpc) is 2.53. The van der Waals surface area contributed by atoms with Crippen molar-refractivity contribution in [3.8, 4) is 23.1 Å². The van der Waals surface area contributed by atoms with Crippen LogP contribution in [-0.2, 0) is 9.53 Å². The maximum Gasteiger partial charge on any atom is 0.344 e. The molecule has 0 bridgehead atoms. The minimum atomic E-state index is -0.496. The van der Waals surface area contributed by atoms with E-state index in [4.69, 9.17) is 20.9 Å². The lowest BCUT2D eigenvalue weighted by molar-refractivity contribution is -0.145. The molecular formula is C15H15N5O3. The van der Waals surface area contributed by atoms with Gasteiger partial charge >= 0.3 is 5.97 Å². The molecule has 0 aliphatic rings. The van der Waals surface area contributed by atoms with E-state index in [2.05, 4.69) is 9.97 Å². The number of nitriles is 1. The molecule has 1 aromatic carbocycles. The molecule has 0 radical (unpaired) electrons. The van der Waals surface area contributed by atoms with Crippen molar-refractivity contribution in [3.63, 3.8) is 0 Å². The van der Waals surface area contributed by atoms with E-state index in [0.29, 0.717) is 11.3 Å². The molecule has 0 amide bonds. The van der Waals surface area contributed by atoms with Crippen molar-refractivity contribution in [2.24, 2.45) is 0 Å². The Morgan fingerprint density at radius 1 is 1.30 bits per heavy atom. The molecule has 0 aliphatic carbocycles. The molecule has 0 saturated carbocycles. The van der Waals surface area contributed by atoms with Crippen LogP contribution in [0, 0.1) is 11.3 Å². The highest BCUT2D eigenvalue weighted by Crippen LogP contribution is 2.32. The monoisotopic (exact) mass is 313 g/mol. The van der Waals surface area contributed by atoms with Gasteiger partial charge in [-0.2, -0.15) is 10.2 Å². The van der Waals surface area contributed by atoms with Crippen LogP contribution in [0.3, 0.4) is 0 Å². The van der Waals surface area contributed by atoms with Crippen molar-refractivity contribution in [1.29, 1.82) is 5.26 Å². The number of ether oxygens (including phenoxy) is 2. The lowest BCUT2D eigenvalue weighted by Gasteiger charge is -2.12. The predicted octanol–water partition coefficient (Wildman–Crippen LogP) is 1.12. The SMILES string of the molecule is CCOC(=O)COc1ccccc1-c1nc(N)nc(N)c1C#N. The largest absolute Gasteiger partial charge is 0.481 e. The Morgan fingerprint density at radius 2 is 2.04 bits per heavy atom. The molecule has 0 spiro atoms. The van der Waals surface area contributed by atoms with Gasteiger partial charge in [-0.25, -0.2) is 9.78 Å². The molecule has 8 heteroatoms. The number of nitrogen functional groups attached to an aromatic ring is 2. The summed E-state index contributed by atoms with van der Waals surface area (Å²) in [5.41, 5.74) is 12.1. The van der Waals surface area contributed by atoms with E-state index < -0.39 is 5.97 Å². The molecule has 23 heavy (non-hydrogen) atoms. The molecule has 4 N–H and O–H groups in total. The van der Waals surface area contributed by atoms with Gasteiger partial charge in [0.05, 0.1) is 12.3 Å². The minimum Gasteiger partial charge on any atom is -0.481 e. The standard InChI is InChI=1S/C15H15N5O3/c1-2-22-12(21)8-23-11-6-4-3-5-9(11)13-10(7-16)14(17)20-15(18)19-13/h3-6H,2,8H2,1H3,(H4,17,18,19,20). The number of nitrogens with zero attached hydrogens (tertiary/aromatic N) is 3. The highest BCUT2D eigenvalue weighted by Gasteiger charge is 2.17.